The minimum atomic E-state index is -1.20. The first kappa shape index (κ1) is 14.5. The van der Waals surface area contributed by atoms with E-state index in [-0.39, 0.29) is 0 Å². The van der Waals surface area contributed by atoms with Crippen molar-refractivity contribution in [3.8, 4) is 0 Å². The molecule has 0 saturated carbocycles. The second-order valence-corrected chi connectivity index (χ2v) is 5.30. The number of nitrogens with one attached hydrogen (secondary N) is 1. The van der Waals surface area contributed by atoms with E-state index in [4.69, 9.17) is 11.6 Å². The third-order valence-electron chi connectivity index (χ3n) is 2.69. The van der Waals surface area contributed by atoms with E-state index in [1.165, 1.54) is 5.51 Å². The van der Waals surface area contributed by atoms with Gasteiger partial charge in [-0.25, -0.2) is 9.78 Å². The predicted molar refractivity (Wildman–Crippen MR) is 76.1 cm³/mol. The van der Waals surface area contributed by atoms with Gasteiger partial charge in [0.1, 0.15) is 4.88 Å². The molecule has 1 aromatic heterocycles. The van der Waals surface area contributed by atoms with Gasteiger partial charge in [0.25, 0.3) is 5.91 Å². The van der Waals surface area contributed by atoms with Crippen molar-refractivity contribution in [2.24, 2.45) is 0 Å². The summed E-state index contributed by atoms with van der Waals surface area (Å²) in [6, 6.07) is 5.32. The Hall–Kier alpha value is -1.92. The average Bonchev–Trinajstić information content (AvgIpc) is 2.83. The first-order chi connectivity index (χ1) is 9.50. The maximum atomic E-state index is 12.1. The van der Waals surface area contributed by atoms with Crippen LogP contribution >= 0.6 is 22.9 Å². The van der Waals surface area contributed by atoms with Crippen LogP contribution in [-0.2, 0) is 4.79 Å². The number of aryl methyl sites for hydroxylation is 1. The molecule has 2 aromatic rings. The van der Waals surface area contributed by atoms with Gasteiger partial charge in [0.2, 0.25) is 0 Å². The van der Waals surface area contributed by atoms with Gasteiger partial charge in [-0.05, 0) is 13.0 Å². The number of benzene rings is 1. The third kappa shape index (κ3) is 2.97. The Morgan fingerprint density at radius 1 is 1.40 bits per heavy atom. The summed E-state index contributed by atoms with van der Waals surface area (Å²) >= 11 is 7.14. The number of nitrogens with zero attached hydrogens (tertiary/aromatic N) is 1. The number of hydrogen-bond donors (Lipinski definition) is 2. The van der Waals surface area contributed by atoms with Gasteiger partial charge in [-0.2, -0.15) is 0 Å². The van der Waals surface area contributed by atoms with Crippen molar-refractivity contribution in [1.29, 1.82) is 0 Å². The summed E-state index contributed by atoms with van der Waals surface area (Å²) in [7, 11) is 0. The molecule has 0 aliphatic heterocycles. The summed E-state index contributed by atoms with van der Waals surface area (Å²) in [6.07, 6.45) is 0. The molecule has 0 radical (unpaired) electrons. The lowest BCUT2D eigenvalue weighted by Crippen LogP contribution is -2.33. The highest BCUT2D eigenvalue weighted by Crippen LogP contribution is 2.24. The van der Waals surface area contributed by atoms with Crippen molar-refractivity contribution in [3.05, 3.63) is 50.9 Å². The SMILES string of the molecule is Cc1ncsc1C(=O)N[C@@H](C(=O)O)c1ccccc1Cl. The van der Waals surface area contributed by atoms with Crippen molar-refractivity contribution in [3.63, 3.8) is 0 Å². The van der Waals surface area contributed by atoms with Crippen LogP contribution in [0.4, 0.5) is 0 Å². The molecular weight excluding hydrogens is 300 g/mol. The van der Waals surface area contributed by atoms with Crippen LogP contribution in [0.25, 0.3) is 0 Å². The van der Waals surface area contributed by atoms with Crippen molar-refractivity contribution in [1.82, 2.24) is 10.3 Å². The van der Waals surface area contributed by atoms with Gasteiger partial charge in [-0.3, -0.25) is 4.79 Å². The minimum Gasteiger partial charge on any atom is -0.479 e. The minimum absolute atomic E-state index is 0.293. The summed E-state index contributed by atoms with van der Waals surface area (Å²) < 4.78 is 0. The van der Waals surface area contributed by atoms with Crippen LogP contribution in [-0.4, -0.2) is 22.0 Å². The molecule has 104 valence electrons. The smallest absolute Gasteiger partial charge is 0.330 e. The van der Waals surface area contributed by atoms with Crippen LogP contribution in [0.5, 0.6) is 0 Å². The summed E-state index contributed by atoms with van der Waals surface area (Å²) in [5, 5.41) is 12.0. The second-order valence-electron chi connectivity index (χ2n) is 4.03. The van der Waals surface area contributed by atoms with Crippen LogP contribution in [0.1, 0.15) is 27.0 Å². The van der Waals surface area contributed by atoms with E-state index < -0.39 is 17.9 Å². The number of aliphatic carboxylic acids is 1. The molecule has 1 atom stereocenters. The Morgan fingerprint density at radius 3 is 2.65 bits per heavy atom. The number of halogens is 1. The van der Waals surface area contributed by atoms with E-state index in [2.05, 4.69) is 10.3 Å². The quantitative estimate of drug-likeness (QED) is 0.910. The summed E-state index contributed by atoms with van der Waals surface area (Å²) in [5.74, 6) is -1.65. The summed E-state index contributed by atoms with van der Waals surface area (Å²) in [6.45, 7) is 1.69. The van der Waals surface area contributed by atoms with Gasteiger partial charge < -0.3 is 10.4 Å². The molecule has 0 fully saturated rings. The zero-order chi connectivity index (χ0) is 14.7. The van der Waals surface area contributed by atoms with Gasteiger partial charge in [0.15, 0.2) is 6.04 Å². The standard InChI is InChI=1S/C13H11ClN2O3S/c1-7-11(20-6-15-7)12(17)16-10(13(18)19)8-4-2-3-5-9(8)14/h2-6,10H,1H3,(H,16,17)(H,18,19)/t10-/m1/s1. The van der Waals surface area contributed by atoms with E-state index in [0.717, 1.165) is 11.3 Å². The van der Waals surface area contributed by atoms with Gasteiger partial charge in [0, 0.05) is 10.6 Å². The molecule has 7 heteroatoms. The highest BCUT2D eigenvalue weighted by atomic mass is 35.5. The molecule has 1 amide bonds. The monoisotopic (exact) mass is 310 g/mol. The number of hydrogen-bond acceptors (Lipinski definition) is 4. The van der Waals surface area contributed by atoms with Crippen LogP contribution in [0, 0.1) is 6.92 Å². The third-order valence-corrected chi connectivity index (χ3v) is 3.96. The molecule has 0 spiro atoms. The number of thiazole rings is 1. The maximum absolute atomic E-state index is 12.1. The number of carboxylic acid groups (broad SMARTS) is 1. The topological polar surface area (TPSA) is 79.3 Å². The van der Waals surface area contributed by atoms with E-state index in [1.54, 1.807) is 31.2 Å². The van der Waals surface area contributed by atoms with Crippen LogP contribution in [0.15, 0.2) is 29.8 Å². The van der Waals surface area contributed by atoms with E-state index in [1.807, 2.05) is 0 Å². The van der Waals surface area contributed by atoms with Crippen molar-refractivity contribution >= 4 is 34.8 Å². The van der Waals surface area contributed by atoms with E-state index in [0.29, 0.717) is 21.2 Å². The lowest BCUT2D eigenvalue weighted by Gasteiger charge is -2.15. The van der Waals surface area contributed by atoms with E-state index >= 15 is 0 Å². The van der Waals surface area contributed by atoms with Gasteiger partial charge in [-0.1, -0.05) is 29.8 Å². The maximum Gasteiger partial charge on any atom is 0.330 e. The number of aromatic nitrogens is 1. The van der Waals surface area contributed by atoms with Crippen molar-refractivity contribution < 1.29 is 14.7 Å². The molecule has 0 saturated heterocycles. The van der Waals surface area contributed by atoms with Crippen molar-refractivity contribution in [2.75, 3.05) is 0 Å². The Labute approximate surface area is 124 Å². The molecule has 0 aliphatic rings. The molecule has 5 nitrogen and oxygen atoms in total. The highest BCUT2D eigenvalue weighted by molar-refractivity contribution is 7.11. The summed E-state index contributed by atoms with van der Waals surface area (Å²) in [4.78, 5) is 27.8. The molecule has 1 heterocycles. The fraction of sp³-hybridized carbons (Fsp3) is 0.154. The lowest BCUT2D eigenvalue weighted by atomic mass is 10.1. The molecule has 2 N–H and O–H groups in total. The number of carbonyl (C=O) groups excluding carboxylic acids is 1. The van der Waals surface area contributed by atoms with Crippen LogP contribution < -0.4 is 5.32 Å². The molecule has 20 heavy (non-hydrogen) atoms. The number of carbonyl (C=O) groups is 2. The summed E-state index contributed by atoms with van der Waals surface area (Å²) in [5.41, 5.74) is 2.45. The fourth-order valence-corrected chi connectivity index (χ4v) is 2.65. The molecule has 0 bridgehead atoms. The Morgan fingerprint density at radius 2 is 2.10 bits per heavy atom. The average molecular weight is 311 g/mol. The largest absolute Gasteiger partial charge is 0.479 e. The molecular formula is C13H11ClN2O3S. The van der Waals surface area contributed by atoms with Crippen LogP contribution in [0.3, 0.4) is 0 Å². The van der Waals surface area contributed by atoms with E-state index in [9.17, 15) is 14.7 Å². The first-order valence-corrected chi connectivity index (χ1v) is 6.94. The normalized spacial score (nSPS) is 11.9. The highest BCUT2D eigenvalue weighted by Gasteiger charge is 2.25. The molecule has 0 unspecified atom stereocenters. The molecule has 2 rings (SSSR count). The number of rotatable bonds is 4. The molecule has 0 aliphatic carbocycles. The number of amides is 1. The fourth-order valence-electron chi connectivity index (χ4n) is 1.70. The van der Waals surface area contributed by atoms with Crippen molar-refractivity contribution in [2.45, 2.75) is 13.0 Å². The van der Waals surface area contributed by atoms with Crippen LogP contribution in [0.2, 0.25) is 5.02 Å². The van der Waals surface area contributed by atoms with Gasteiger partial charge in [0.05, 0.1) is 11.2 Å². The molecule has 1 aromatic carbocycles. The predicted octanol–water partition coefficient (Wildman–Crippen LogP) is 2.66. The zero-order valence-electron chi connectivity index (χ0n) is 10.5. The Kier molecular flexibility index (Phi) is 4.36. The van der Waals surface area contributed by atoms with Gasteiger partial charge in [-0.15, -0.1) is 11.3 Å². The first-order valence-electron chi connectivity index (χ1n) is 5.69. The zero-order valence-corrected chi connectivity index (χ0v) is 12.0. The Bertz CT molecular complexity index is 657. The second kappa shape index (κ2) is 6.02. The number of carboxylic acids is 1. The van der Waals surface area contributed by atoms with Gasteiger partial charge >= 0.3 is 5.97 Å². The lowest BCUT2D eigenvalue weighted by molar-refractivity contribution is -0.139. The Balaban J connectivity index is 2.28.